The summed E-state index contributed by atoms with van der Waals surface area (Å²) < 4.78 is 5.17. The highest BCUT2D eigenvalue weighted by molar-refractivity contribution is 8.77. The van der Waals surface area contributed by atoms with Crippen LogP contribution >= 0.6 is 55.0 Å². The van der Waals surface area contributed by atoms with Crippen LogP contribution in [0.3, 0.4) is 0 Å². The average Bonchev–Trinajstić information content (AvgIpc) is 2.48. The van der Waals surface area contributed by atoms with E-state index in [-0.39, 0.29) is 12.1 Å². The minimum atomic E-state index is -0.402. The minimum Gasteiger partial charge on any atom is -0.444 e. The summed E-state index contributed by atoms with van der Waals surface area (Å²) in [5, 5.41) is 2.88. The van der Waals surface area contributed by atoms with Crippen LogP contribution in [0.5, 0.6) is 0 Å². The first-order chi connectivity index (χ1) is 10.4. The molecule has 0 aromatic carbocycles. The number of nitrogens with one attached hydrogen (secondary N) is 2. The number of carbonyl (C=O) groups excluding carboxylic acids is 1. The van der Waals surface area contributed by atoms with E-state index >= 15 is 0 Å². The molecule has 2 N–H and O–H groups in total. The lowest BCUT2D eigenvalue weighted by molar-refractivity contribution is 0.0508. The van der Waals surface area contributed by atoms with Crippen molar-refractivity contribution in [1.29, 1.82) is 0 Å². The third-order valence-corrected chi connectivity index (χ3v) is 8.02. The Morgan fingerprint density at radius 1 is 1.05 bits per heavy atom. The second-order valence-electron chi connectivity index (χ2n) is 5.94. The molecule has 0 aliphatic carbocycles. The van der Waals surface area contributed by atoms with E-state index in [1.54, 1.807) is 0 Å². The normalized spacial score (nSPS) is 25.6. The molecule has 22 heavy (non-hydrogen) atoms. The molecule has 2 atom stereocenters. The monoisotopic (exact) mass is 404 g/mol. The molecule has 9 heteroatoms. The fraction of sp³-hybridized carbons (Fsp3) is 0.923. The summed E-state index contributed by atoms with van der Waals surface area (Å²) in [6.07, 6.45) is 1.95. The number of rotatable bonds is 2. The van der Waals surface area contributed by atoms with Crippen molar-refractivity contribution in [3.63, 3.8) is 0 Å². The van der Waals surface area contributed by atoms with Crippen molar-refractivity contribution in [3.05, 3.63) is 0 Å². The van der Waals surface area contributed by atoms with E-state index in [1.165, 1.54) is 12.2 Å². The van der Waals surface area contributed by atoms with Gasteiger partial charge in [0.2, 0.25) is 0 Å². The molecule has 0 unspecified atom stereocenters. The van der Waals surface area contributed by atoms with Gasteiger partial charge in [0.1, 0.15) is 5.60 Å². The van der Waals surface area contributed by atoms with Crippen LogP contribution in [0.2, 0.25) is 0 Å². The quantitative estimate of drug-likeness (QED) is 0.517. The maximum absolute atomic E-state index is 11.4. The Bertz CT molecular complexity index is 320. The average molecular weight is 405 g/mol. The molecule has 0 aromatic rings. The van der Waals surface area contributed by atoms with Crippen molar-refractivity contribution >= 4 is 61.0 Å². The molecule has 2 aliphatic rings. The second kappa shape index (κ2) is 11.5. The highest BCUT2D eigenvalue weighted by Gasteiger charge is 2.21. The summed E-state index contributed by atoms with van der Waals surface area (Å²) in [4.78, 5) is 14.1. The highest BCUT2D eigenvalue weighted by atomic mass is 35.5. The van der Waals surface area contributed by atoms with Crippen LogP contribution < -0.4 is 10.2 Å². The summed E-state index contributed by atoms with van der Waals surface area (Å²) in [7, 11) is 7.50. The van der Waals surface area contributed by atoms with Gasteiger partial charge in [-0.15, -0.1) is 0 Å². The van der Waals surface area contributed by atoms with E-state index in [1.807, 2.05) is 63.9 Å². The molecule has 2 rings (SSSR count). The molecule has 2 fully saturated rings. The van der Waals surface area contributed by atoms with Crippen LogP contribution in [-0.4, -0.2) is 46.8 Å². The number of alkyl carbamates (subject to hydrolysis) is 1. The standard InChI is InChI=1S/C9H17NO2S2.C4H8ClNS2/c1-9(2,3)12-8(11)10-7-4-5-13-14-6-7;5-6-4-1-2-7-8-3-4/h7H,4-6H2,1-3H3,(H,10,11);4,6H,1-3H2/t7-;4-/m00/s1. The number of halogens is 1. The zero-order valence-electron chi connectivity index (χ0n) is 13.2. The number of hydrogen-bond donors (Lipinski definition) is 2. The van der Waals surface area contributed by atoms with Crippen LogP contribution in [0, 0.1) is 0 Å². The van der Waals surface area contributed by atoms with Crippen molar-refractivity contribution in [2.24, 2.45) is 0 Å². The third kappa shape index (κ3) is 10.6. The smallest absolute Gasteiger partial charge is 0.407 e. The predicted molar refractivity (Wildman–Crippen MR) is 105 cm³/mol. The Kier molecular flexibility index (Phi) is 10.9. The maximum Gasteiger partial charge on any atom is 0.407 e. The first kappa shape index (κ1) is 21.0. The van der Waals surface area contributed by atoms with Gasteiger partial charge in [0.15, 0.2) is 0 Å². The Hall–Kier alpha value is 0.920. The molecule has 2 saturated heterocycles. The molecular formula is C13H25ClN2O2S4. The van der Waals surface area contributed by atoms with Gasteiger partial charge in [-0.1, -0.05) is 43.2 Å². The SMILES string of the molecule is CC(C)(C)OC(=O)N[C@H]1CCSSC1.ClN[C@H]1CCSSC1. The summed E-state index contributed by atoms with van der Waals surface area (Å²) in [6.45, 7) is 5.62. The number of carbonyl (C=O) groups is 1. The van der Waals surface area contributed by atoms with Crippen molar-refractivity contribution in [2.75, 3.05) is 23.0 Å². The lowest BCUT2D eigenvalue weighted by atomic mass is 10.2. The first-order valence-corrected chi connectivity index (χ1v) is 12.6. The molecule has 2 heterocycles. The number of ether oxygens (including phenoxy) is 1. The topological polar surface area (TPSA) is 50.4 Å². The van der Waals surface area contributed by atoms with Crippen molar-refractivity contribution in [3.8, 4) is 0 Å². The number of hydrogen-bond acceptors (Lipinski definition) is 7. The molecule has 2 aliphatic heterocycles. The van der Waals surface area contributed by atoms with E-state index in [4.69, 9.17) is 16.5 Å². The van der Waals surface area contributed by atoms with Gasteiger partial charge in [-0.3, -0.25) is 0 Å². The minimum absolute atomic E-state index is 0.274. The highest BCUT2D eigenvalue weighted by Crippen LogP contribution is 2.29. The number of amides is 1. The molecular weight excluding hydrogens is 380 g/mol. The van der Waals surface area contributed by atoms with Crippen LogP contribution in [0.25, 0.3) is 0 Å². The molecule has 1 amide bonds. The largest absolute Gasteiger partial charge is 0.444 e. The molecule has 130 valence electrons. The maximum atomic E-state index is 11.4. The van der Waals surface area contributed by atoms with Crippen LogP contribution in [0.1, 0.15) is 33.6 Å². The summed E-state index contributed by atoms with van der Waals surface area (Å²) in [5.74, 6) is 4.46. The second-order valence-corrected chi connectivity index (χ2v) is 11.4. The van der Waals surface area contributed by atoms with Crippen molar-refractivity contribution in [2.45, 2.75) is 51.3 Å². The first-order valence-electron chi connectivity index (χ1n) is 7.25. The van der Waals surface area contributed by atoms with Gasteiger partial charge in [0, 0.05) is 35.1 Å². The lowest BCUT2D eigenvalue weighted by Crippen LogP contribution is -2.41. The Labute approximate surface area is 154 Å². The Morgan fingerprint density at radius 3 is 1.95 bits per heavy atom. The predicted octanol–water partition coefficient (Wildman–Crippen LogP) is 4.55. The van der Waals surface area contributed by atoms with Gasteiger partial charge in [-0.2, -0.15) is 0 Å². The van der Waals surface area contributed by atoms with Gasteiger partial charge in [0.25, 0.3) is 0 Å². The summed E-state index contributed by atoms with van der Waals surface area (Å²) >= 11 is 5.41. The van der Waals surface area contributed by atoms with Crippen LogP contribution in [-0.2, 0) is 4.74 Å². The van der Waals surface area contributed by atoms with Gasteiger partial charge in [-0.05, 0) is 45.4 Å². The van der Waals surface area contributed by atoms with Gasteiger partial charge >= 0.3 is 6.09 Å². The van der Waals surface area contributed by atoms with E-state index in [2.05, 4.69) is 10.2 Å². The van der Waals surface area contributed by atoms with E-state index in [0.29, 0.717) is 6.04 Å². The molecule has 0 radical (unpaired) electrons. The van der Waals surface area contributed by atoms with Crippen LogP contribution in [0.15, 0.2) is 0 Å². The molecule has 0 spiro atoms. The van der Waals surface area contributed by atoms with Gasteiger partial charge in [-0.25, -0.2) is 9.63 Å². The Balaban J connectivity index is 0.000000255. The van der Waals surface area contributed by atoms with E-state index in [0.717, 1.165) is 23.7 Å². The molecule has 4 nitrogen and oxygen atoms in total. The summed E-state index contributed by atoms with van der Waals surface area (Å²) in [5.41, 5.74) is -0.402. The van der Waals surface area contributed by atoms with Gasteiger partial charge in [0.05, 0.1) is 0 Å². The fourth-order valence-corrected chi connectivity index (χ4v) is 6.74. The van der Waals surface area contributed by atoms with Crippen molar-refractivity contribution < 1.29 is 9.53 Å². The van der Waals surface area contributed by atoms with E-state index in [9.17, 15) is 4.79 Å². The zero-order valence-corrected chi connectivity index (χ0v) is 17.2. The molecule has 0 bridgehead atoms. The molecule has 0 saturated carbocycles. The van der Waals surface area contributed by atoms with E-state index < -0.39 is 5.60 Å². The Morgan fingerprint density at radius 2 is 1.59 bits per heavy atom. The summed E-state index contributed by atoms with van der Waals surface area (Å²) in [6, 6.07) is 0.819. The van der Waals surface area contributed by atoms with Gasteiger partial charge < -0.3 is 10.1 Å². The third-order valence-electron chi connectivity index (χ3n) is 2.68. The van der Waals surface area contributed by atoms with Crippen LogP contribution in [0.4, 0.5) is 4.79 Å². The fourth-order valence-electron chi connectivity index (χ4n) is 1.60. The zero-order chi connectivity index (χ0) is 16.4. The van der Waals surface area contributed by atoms with Crippen molar-refractivity contribution in [1.82, 2.24) is 10.2 Å². The lowest BCUT2D eigenvalue weighted by Gasteiger charge is -2.25. The molecule has 0 aromatic heterocycles.